The summed E-state index contributed by atoms with van der Waals surface area (Å²) in [5.41, 5.74) is 0. The van der Waals surface area contributed by atoms with Gasteiger partial charge in [0.2, 0.25) is 0 Å². The highest BCUT2D eigenvalue weighted by molar-refractivity contribution is 4.65. The van der Waals surface area contributed by atoms with E-state index in [9.17, 15) is 0 Å². The Bertz CT molecular complexity index is 68.5. The van der Waals surface area contributed by atoms with Gasteiger partial charge in [0.15, 0.2) is 0 Å². The van der Waals surface area contributed by atoms with Gasteiger partial charge >= 0.3 is 0 Å². The topological polar surface area (TPSA) is 32.3 Å². The summed E-state index contributed by atoms with van der Waals surface area (Å²) in [4.78, 5) is 0. The Morgan fingerprint density at radius 3 is 1.62 bits per heavy atom. The van der Waals surface area contributed by atoms with Gasteiger partial charge in [-0.2, -0.15) is 0 Å². The van der Waals surface area contributed by atoms with Gasteiger partial charge in [-0.05, 0) is 25.9 Å². The minimum absolute atomic E-state index is 0.0266. The molecule has 1 heterocycles. The summed E-state index contributed by atoms with van der Waals surface area (Å²) in [7, 11) is 0. The molecule has 0 unspecified atom stereocenters. The Labute approximate surface area is 83.7 Å². The molecule has 0 amide bonds. The Hall–Kier alpha value is -0.0800. The smallest absolute Gasteiger partial charge is 0.0564 e. The molecule has 0 radical (unpaired) electrons. The molecule has 0 aromatic rings. The predicted octanol–water partition coefficient (Wildman–Crippen LogP) is 2.56. The molecule has 1 fully saturated rings. The number of aliphatic hydroxyl groups excluding tert-OH is 1. The van der Waals surface area contributed by atoms with E-state index in [0.717, 1.165) is 25.9 Å². The molecule has 0 saturated carbocycles. The summed E-state index contributed by atoms with van der Waals surface area (Å²) in [5, 5.41) is 12.0. The summed E-state index contributed by atoms with van der Waals surface area (Å²) in [5.74, 6) is 0. The largest absolute Gasteiger partial charge is 0.393 e. The molecule has 1 rings (SSSR count). The number of aliphatic hydroxyl groups is 1. The molecule has 0 atom stereocenters. The average molecular weight is 189 g/mol. The zero-order chi connectivity index (χ0) is 10.5. The molecule has 2 heteroatoms. The van der Waals surface area contributed by atoms with Crippen LogP contribution in [-0.2, 0) is 0 Å². The minimum atomic E-state index is -0.0266. The SMILES string of the molecule is CC.CCCC.OC1CCNCC1. The van der Waals surface area contributed by atoms with E-state index in [-0.39, 0.29) is 6.10 Å². The monoisotopic (exact) mass is 189 g/mol. The van der Waals surface area contributed by atoms with Crippen molar-refractivity contribution in [2.45, 2.75) is 59.5 Å². The number of hydrogen-bond donors (Lipinski definition) is 2. The van der Waals surface area contributed by atoms with Crippen LogP contribution in [0.5, 0.6) is 0 Å². The Morgan fingerprint density at radius 2 is 1.46 bits per heavy atom. The Morgan fingerprint density at radius 1 is 1.08 bits per heavy atom. The highest BCUT2D eigenvalue weighted by Crippen LogP contribution is 1.99. The van der Waals surface area contributed by atoms with Crippen LogP contribution in [-0.4, -0.2) is 24.3 Å². The predicted molar refractivity (Wildman–Crippen MR) is 60.0 cm³/mol. The third-order valence-corrected chi connectivity index (χ3v) is 1.81. The summed E-state index contributed by atoms with van der Waals surface area (Å²) >= 11 is 0. The van der Waals surface area contributed by atoms with Gasteiger partial charge < -0.3 is 10.4 Å². The van der Waals surface area contributed by atoms with E-state index in [0.29, 0.717) is 0 Å². The van der Waals surface area contributed by atoms with Crippen molar-refractivity contribution in [3.63, 3.8) is 0 Å². The standard InChI is InChI=1S/C5H11NO.C4H10.C2H6/c7-5-1-3-6-4-2-5;1-3-4-2;1-2/h5-7H,1-4H2;3-4H2,1-2H3;1-2H3. The molecule has 13 heavy (non-hydrogen) atoms. The first-order valence-electron chi connectivity index (χ1n) is 5.70. The fourth-order valence-electron chi connectivity index (χ4n) is 0.807. The summed E-state index contributed by atoms with van der Waals surface area (Å²) in [6.07, 6.45) is 4.47. The van der Waals surface area contributed by atoms with E-state index >= 15 is 0 Å². The molecule has 0 bridgehead atoms. The molecule has 2 nitrogen and oxygen atoms in total. The van der Waals surface area contributed by atoms with Crippen LogP contribution >= 0.6 is 0 Å². The minimum Gasteiger partial charge on any atom is -0.393 e. The maximum Gasteiger partial charge on any atom is 0.0564 e. The van der Waals surface area contributed by atoms with Crippen LogP contribution in [0.1, 0.15) is 53.4 Å². The zero-order valence-corrected chi connectivity index (χ0v) is 9.77. The average Bonchev–Trinajstić information content (AvgIpc) is 2.22. The van der Waals surface area contributed by atoms with E-state index in [1.807, 2.05) is 13.8 Å². The lowest BCUT2D eigenvalue weighted by Crippen LogP contribution is -2.30. The lowest BCUT2D eigenvalue weighted by molar-refractivity contribution is 0.137. The van der Waals surface area contributed by atoms with E-state index < -0.39 is 0 Å². The normalized spacial score (nSPS) is 16.4. The maximum atomic E-state index is 8.87. The fourth-order valence-corrected chi connectivity index (χ4v) is 0.807. The third kappa shape index (κ3) is 14.7. The van der Waals surface area contributed by atoms with Gasteiger partial charge in [0.05, 0.1) is 6.10 Å². The molecular formula is C11H27NO. The first-order valence-corrected chi connectivity index (χ1v) is 5.70. The van der Waals surface area contributed by atoms with Crippen LogP contribution < -0.4 is 5.32 Å². The first-order chi connectivity index (χ1) is 6.31. The molecule has 82 valence electrons. The van der Waals surface area contributed by atoms with Crippen molar-refractivity contribution >= 4 is 0 Å². The zero-order valence-electron chi connectivity index (χ0n) is 9.77. The third-order valence-electron chi connectivity index (χ3n) is 1.81. The quantitative estimate of drug-likeness (QED) is 0.664. The summed E-state index contributed by atoms with van der Waals surface area (Å²) in [6.45, 7) is 10.3. The molecular weight excluding hydrogens is 162 g/mol. The van der Waals surface area contributed by atoms with Crippen molar-refractivity contribution in [1.29, 1.82) is 0 Å². The second-order valence-corrected chi connectivity index (χ2v) is 2.98. The van der Waals surface area contributed by atoms with Crippen molar-refractivity contribution in [2.75, 3.05) is 13.1 Å². The number of hydrogen-bond acceptors (Lipinski definition) is 2. The van der Waals surface area contributed by atoms with Crippen molar-refractivity contribution in [2.24, 2.45) is 0 Å². The van der Waals surface area contributed by atoms with Gasteiger partial charge in [-0.1, -0.05) is 40.5 Å². The van der Waals surface area contributed by atoms with E-state index in [4.69, 9.17) is 5.11 Å². The van der Waals surface area contributed by atoms with Crippen LogP contribution in [0.3, 0.4) is 0 Å². The van der Waals surface area contributed by atoms with Crippen LogP contribution in [0.25, 0.3) is 0 Å². The molecule has 1 aliphatic heterocycles. The first kappa shape index (κ1) is 15.4. The number of unbranched alkanes of at least 4 members (excludes halogenated alkanes) is 1. The van der Waals surface area contributed by atoms with E-state index in [1.165, 1.54) is 12.8 Å². The molecule has 0 aromatic carbocycles. The van der Waals surface area contributed by atoms with Crippen molar-refractivity contribution in [1.82, 2.24) is 5.32 Å². The number of rotatable bonds is 1. The molecule has 1 aliphatic rings. The second kappa shape index (κ2) is 14.4. The number of nitrogens with one attached hydrogen (secondary N) is 1. The van der Waals surface area contributed by atoms with Gasteiger partial charge in [0, 0.05) is 0 Å². The van der Waals surface area contributed by atoms with Crippen molar-refractivity contribution in [3.8, 4) is 0 Å². The number of piperidine rings is 1. The molecule has 2 N–H and O–H groups in total. The molecule has 0 aliphatic carbocycles. The van der Waals surface area contributed by atoms with Gasteiger partial charge in [-0.25, -0.2) is 0 Å². The van der Waals surface area contributed by atoms with Crippen LogP contribution in [0.15, 0.2) is 0 Å². The van der Waals surface area contributed by atoms with Gasteiger partial charge in [-0.3, -0.25) is 0 Å². The Balaban J connectivity index is 0. The summed E-state index contributed by atoms with van der Waals surface area (Å²) < 4.78 is 0. The summed E-state index contributed by atoms with van der Waals surface area (Å²) in [6, 6.07) is 0. The van der Waals surface area contributed by atoms with Crippen molar-refractivity contribution < 1.29 is 5.11 Å². The Kier molecular flexibility index (Phi) is 17.1. The van der Waals surface area contributed by atoms with Crippen molar-refractivity contribution in [3.05, 3.63) is 0 Å². The lowest BCUT2D eigenvalue weighted by Gasteiger charge is -2.16. The van der Waals surface area contributed by atoms with Gasteiger partial charge in [0.25, 0.3) is 0 Å². The lowest BCUT2D eigenvalue weighted by atomic mass is 10.1. The van der Waals surface area contributed by atoms with E-state index in [2.05, 4.69) is 19.2 Å². The highest BCUT2D eigenvalue weighted by atomic mass is 16.3. The van der Waals surface area contributed by atoms with Gasteiger partial charge in [0.1, 0.15) is 0 Å². The molecule has 0 spiro atoms. The van der Waals surface area contributed by atoms with Crippen LogP contribution in [0.4, 0.5) is 0 Å². The highest BCUT2D eigenvalue weighted by Gasteiger charge is 2.06. The second-order valence-electron chi connectivity index (χ2n) is 2.98. The molecule has 1 saturated heterocycles. The fraction of sp³-hybridized carbons (Fsp3) is 1.00. The van der Waals surface area contributed by atoms with Crippen LogP contribution in [0.2, 0.25) is 0 Å². The maximum absolute atomic E-state index is 8.87. The van der Waals surface area contributed by atoms with Crippen LogP contribution in [0, 0.1) is 0 Å². The van der Waals surface area contributed by atoms with Gasteiger partial charge in [-0.15, -0.1) is 0 Å². The molecule has 0 aromatic heterocycles. The van der Waals surface area contributed by atoms with E-state index in [1.54, 1.807) is 0 Å².